The van der Waals surface area contributed by atoms with Gasteiger partial charge in [-0.2, -0.15) is 0 Å². The fraction of sp³-hybridized carbons (Fsp3) is 0.818. The van der Waals surface area contributed by atoms with Gasteiger partial charge in [-0.3, -0.25) is 9.59 Å². The molecule has 0 saturated heterocycles. The van der Waals surface area contributed by atoms with Gasteiger partial charge in [0.25, 0.3) is 0 Å². The molecule has 0 unspecified atom stereocenters. The van der Waals surface area contributed by atoms with Gasteiger partial charge < -0.3 is 10.6 Å². The third-order valence-corrected chi connectivity index (χ3v) is 2.00. The number of amides is 2. The molecule has 88 valence electrons. The van der Waals surface area contributed by atoms with Crippen LogP contribution in [0.15, 0.2) is 0 Å². The van der Waals surface area contributed by atoms with Crippen molar-refractivity contribution in [3.63, 3.8) is 0 Å². The third kappa shape index (κ3) is 9.25. The van der Waals surface area contributed by atoms with Crippen molar-refractivity contribution in [2.45, 2.75) is 46.0 Å². The number of carbonyl (C=O) groups excluding carboxylic acids is 2. The summed E-state index contributed by atoms with van der Waals surface area (Å²) in [5.41, 5.74) is 0. The summed E-state index contributed by atoms with van der Waals surface area (Å²) >= 11 is 0. The molecule has 0 aliphatic carbocycles. The first-order chi connectivity index (χ1) is 7.20. The van der Waals surface area contributed by atoms with E-state index in [0.29, 0.717) is 13.1 Å². The normalized spacial score (nSPS) is 9.73. The Morgan fingerprint density at radius 3 is 2.00 bits per heavy atom. The van der Waals surface area contributed by atoms with Crippen LogP contribution in [0.3, 0.4) is 0 Å². The van der Waals surface area contributed by atoms with E-state index in [4.69, 9.17) is 0 Å². The van der Waals surface area contributed by atoms with Gasteiger partial charge in [-0.15, -0.1) is 0 Å². The summed E-state index contributed by atoms with van der Waals surface area (Å²) in [6, 6.07) is 0. The van der Waals surface area contributed by atoms with E-state index >= 15 is 0 Å². The zero-order valence-corrected chi connectivity index (χ0v) is 9.77. The van der Waals surface area contributed by atoms with E-state index in [2.05, 4.69) is 17.6 Å². The fourth-order valence-corrected chi connectivity index (χ4v) is 1.14. The molecule has 2 N–H and O–H groups in total. The lowest BCUT2D eigenvalue weighted by molar-refractivity contribution is -0.129. The van der Waals surface area contributed by atoms with Crippen LogP contribution in [-0.4, -0.2) is 24.9 Å². The summed E-state index contributed by atoms with van der Waals surface area (Å²) in [4.78, 5) is 22.3. The number of hydrogen-bond acceptors (Lipinski definition) is 2. The maximum atomic E-state index is 11.2. The van der Waals surface area contributed by atoms with Crippen molar-refractivity contribution in [2.24, 2.45) is 0 Å². The van der Waals surface area contributed by atoms with E-state index in [1.807, 2.05) is 6.92 Å². The highest BCUT2D eigenvalue weighted by molar-refractivity contribution is 5.96. The lowest BCUT2D eigenvalue weighted by Crippen LogP contribution is -2.32. The molecule has 0 aromatic heterocycles. The van der Waals surface area contributed by atoms with Crippen molar-refractivity contribution in [1.82, 2.24) is 10.6 Å². The second-order valence-electron chi connectivity index (χ2n) is 3.58. The van der Waals surface area contributed by atoms with Crippen LogP contribution >= 0.6 is 0 Å². The third-order valence-electron chi connectivity index (χ3n) is 2.00. The summed E-state index contributed by atoms with van der Waals surface area (Å²) in [6.07, 6.45) is 4.07. The van der Waals surface area contributed by atoms with Gasteiger partial charge in [-0.25, -0.2) is 0 Å². The summed E-state index contributed by atoms with van der Waals surface area (Å²) in [6.45, 7) is 5.40. The Morgan fingerprint density at radius 1 is 0.867 bits per heavy atom. The second kappa shape index (κ2) is 9.49. The van der Waals surface area contributed by atoms with Crippen molar-refractivity contribution in [3.8, 4) is 0 Å². The fourth-order valence-electron chi connectivity index (χ4n) is 1.14. The van der Waals surface area contributed by atoms with Crippen LogP contribution in [0.4, 0.5) is 0 Å². The molecule has 0 saturated carbocycles. The topological polar surface area (TPSA) is 58.2 Å². The molecule has 4 heteroatoms. The van der Waals surface area contributed by atoms with Crippen molar-refractivity contribution < 1.29 is 9.59 Å². The van der Waals surface area contributed by atoms with E-state index in [-0.39, 0.29) is 18.2 Å². The smallest absolute Gasteiger partial charge is 0.229 e. The number of nitrogens with one attached hydrogen (secondary N) is 2. The van der Waals surface area contributed by atoms with Crippen LogP contribution in [0.1, 0.15) is 46.0 Å². The molecule has 0 bridgehead atoms. The average Bonchev–Trinajstić information content (AvgIpc) is 2.21. The van der Waals surface area contributed by atoms with Gasteiger partial charge in [0, 0.05) is 13.1 Å². The average molecular weight is 214 g/mol. The number of hydrogen-bond donors (Lipinski definition) is 2. The minimum Gasteiger partial charge on any atom is -0.356 e. The number of unbranched alkanes of at least 4 members (excludes halogenated alkanes) is 2. The predicted octanol–water partition coefficient (Wildman–Crippen LogP) is 1.21. The molecule has 15 heavy (non-hydrogen) atoms. The van der Waals surface area contributed by atoms with E-state index in [0.717, 1.165) is 25.7 Å². The van der Waals surface area contributed by atoms with Crippen LogP contribution in [0.5, 0.6) is 0 Å². The van der Waals surface area contributed by atoms with Crippen molar-refractivity contribution >= 4 is 11.8 Å². The van der Waals surface area contributed by atoms with Gasteiger partial charge in [-0.05, 0) is 12.8 Å². The zero-order chi connectivity index (χ0) is 11.5. The van der Waals surface area contributed by atoms with Gasteiger partial charge in [0.1, 0.15) is 6.42 Å². The Morgan fingerprint density at radius 2 is 1.47 bits per heavy atom. The van der Waals surface area contributed by atoms with E-state index < -0.39 is 0 Å². The zero-order valence-electron chi connectivity index (χ0n) is 9.77. The first-order valence-electron chi connectivity index (χ1n) is 5.74. The van der Waals surface area contributed by atoms with Crippen molar-refractivity contribution in [2.75, 3.05) is 13.1 Å². The molecule has 0 radical (unpaired) electrons. The molecule has 0 aliphatic rings. The summed E-state index contributed by atoms with van der Waals surface area (Å²) < 4.78 is 0. The van der Waals surface area contributed by atoms with Crippen LogP contribution in [0.2, 0.25) is 0 Å². The SMILES string of the molecule is CCCCCNC(=O)CC(=O)NCCC. The minimum absolute atomic E-state index is 0.0495. The van der Waals surface area contributed by atoms with Crippen LogP contribution in [0, 0.1) is 0 Å². The lowest BCUT2D eigenvalue weighted by Gasteiger charge is -2.05. The quantitative estimate of drug-likeness (QED) is 0.471. The highest BCUT2D eigenvalue weighted by Gasteiger charge is 2.07. The molecule has 0 fully saturated rings. The highest BCUT2D eigenvalue weighted by Crippen LogP contribution is 1.91. The predicted molar refractivity (Wildman–Crippen MR) is 60.5 cm³/mol. The summed E-state index contributed by atoms with van der Waals surface area (Å²) in [7, 11) is 0. The van der Waals surface area contributed by atoms with E-state index in [9.17, 15) is 9.59 Å². The Bertz CT molecular complexity index is 193. The molecule has 0 atom stereocenters. The molecule has 0 aromatic rings. The first-order valence-corrected chi connectivity index (χ1v) is 5.74. The minimum atomic E-state index is -0.190. The van der Waals surface area contributed by atoms with E-state index in [1.54, 1.807) is 0 Å². The van der Waals surface area contributed by atoms with Crippen LogP contribution in [0.25, 0.3) is 0 Å². The van der Waals surface area contributed by atoms with Gasteiger partial charge in [0.15, 0.2) is 0 Å². The maximum Gasteiger partial charge on any atom is 0.229 e. The number of carbonyl (C=O) groups is 2. The van der Waals surface area contributed by atoms with Crippen molar-refractivity contribution in [3.05, 3.63) is 0 Å². The molecule has 0 aromatic carbocycles. The van der Waals surface area contributed by atoms with E-state index in [1.165, 1.54) is 0 Å². The molecular formula is C11H22N2O2. The molecule has 4 nitrogen and oxygen atoms in total. The second-order valence-corrected chi connectivity index (χ2v) is 3.58. The largest absolute Gasteiger partial charge is 0.356 e. The lowest BCUT2D eigenvalue weighted by atomic mass is 10.2. The molecule has 0 heterocycles. The monoisotopic (exact) mass is 214 g/mol. The van der Waals surface area contributed by atoms with Gasteiger partial charge in [0.2, 0.25) is 11.8 Å². The summed E-state index contributed by atoms with van der Waals surface area (Å²) in [5, 5.41) is 5.39. The number of rotatable bonds is 8. The molecule has 0 rings (SSSR count). The van der Waals surface area contributed by atoms with Gasteiger partial charge in [0.05, 0.1) is 0 Å². The highest BCUT2D eigenvalue weighted by atomic mass is 16.2. The Balaban J connectivity index is 3.43. The van der Waals surface area contributed by atoms with Gasteiger partial charge in [-0.1, -0.05) is 26.7 Å². The maximum absolute atomic E-state index is 11.2. The Labute approximate surface area is 91.8 Å². The summed E-state index contributed by atoms with van der Waals surface area (Å²) in [5.74, 6) is -0.371. The molecule has 2 amide bonds. The Kier molecular flexibility index (Phi) is 8.82. The molecule has 0 spiro atoms. The van der Waals surface area contributed by atoms with Gasteiger partial charge >= 0.3 is 0 Å². The van der Waals surface area contributed by atoms with Crippen LogP contribution in [-0.2, 0) is 9.59 Å². The first kappa shape index (κ1) is 13.9. The molecule has 0 aliphatic heterocycles. The Hall–Kier alpha value is -1.06. The van der Waals surface area contributed by atoms with Crippen molar-refractivity contribution in [1.29, 1.82) is 0 Å². The standard InChI is InChI=1S/C11H22N2O2/c1-3-5-6-8-13-11(15)9-10(14)12-7-4-2/h3-9H2,1-2H3,(H,12,14)(H,13,15). The van der Waals surface area contributed by atoms with Crippen LogP contribution < -0.4 is 10.6 Å². The molecular weight excluding hydrogens is 192 g/mol.